The van der Waals surface area contributed by atoms with Gasteiger partial charge in [-0.15, -0.1) is 0 Å². The van der Waals surface area contributed by atoms with E-state index in [4.69, 9.17) is 0 Å². The Hall–Kier alpha value is -2.75. The SMILES string of the molecule is Cn1c(C(NC(=O)O)(c2ccccc2)C(C)(C)C)cc2ccccc21. The number of carbonyl (C=O) groups is 1. The predicted octanol–water partition coefficient (Wildman–Crippen LogP) is 4.74. The van der Waals surface area contributed by atoms with Gasteiger partial charge in [0.25, 0.3) is 0 Å². The molecule has 0 aliphatic heterocycles. The van der Waals surface area contributed by atoms with E-state index in [1.807, 2.05) is 49.5 Å². The number of amides is 1. The lowest BCUT2D eigenvalue weighted by Gasteiger charge is -2.45. The summed E-state index contributed by atoms with van der Waals surface area (Å²) >= 11 is 0. The second-order valence-electron chi connectivity index (χ2n) is 7.44. The van der Waals surface area contributed by atoms with Crippen molar-refractivity contribution in [3.8, 4) is 0 Å². The van der Waals surface area contributed by atoms with Gasteiger partial charge in [-0.3, -0.25) is 0 Å². The average Bonchev–Trinajstić information content (AvgIpc) is 2.90. The number of nitrogens with one attached hydrogen (secondary N) is 1. The lowest BCUT2D eigenvalue weighted by Crippen LogP contribution is -2.55. The van der Waals surface area contributed by atoms with Crippen LogP contribution in [-0.2, 0) is 12.6 Å². The number of hydrogen-bond donors (Lipinski definition) is 2. The molecule has 0 saturated carbocycles. The molecule has 0 bridgehead atoms. The fourth-order valence-electron chi connectivity index (χ4n) is 3.79. The van der Waals surface area contributed by atoms with Crippen LogP contribution in [0.4, 0.5) is 4.79 Å². The molecule has 25 heavy (non-hydrogen) atoms. The molecule has 2 N–H and O–H groups in total. The molecule has 1 atom stereocenters. The van der Waals surface area contributed by atoms with Crippen molar-refractivity contribution in [2.24, 2.45) is 12.5 Å². The van der Waals surface area contributed by atoms with Gasteiger partial charge in [0, 0.05) is 18.3 Å². The minimum absolute atomic E-state index is 0.394. The monoisotopic (exact) mass is 336 g/mol. The molecule has 1 amide bonds. The highest BCUT2D eigenvalue weighted by Crippen LogP contribution is 2.46. The smallest absolute Gasteiger partial charge is 0.405 e. The molecule has 4 heteroatoms. The highest BCUT2D eigenvalue weighted by molar-refractivity contribution is 5.82. The largest absolute Gasteiger partial charge is 0.465 e. The predicted molar refractivity (Wildman–Crippen MR) is 101 cm³/mol. The van der Waals surface area contributed by atoms with Crippen LogP contribution < -0.4 is 5.32 Å². The van der Waals surface area contributed by atoms with Crippen LogP contribution in [-0.4, -0.2) is 15.8 Å². The van der Waals surface area contributed by atoms with Gasteiger partial charge in [-0.1, -0.05) is 69.3 Å². The Morgan fingerprint density at radius 2 is 1.60 bits per heavy atom. The van der Waals surface area contributed by atoms with Gasteiger partial charge in [-0.2, -0.15) is 0 Å². The lowest BCUT2D eigenvalue weighted by atomic mass is 9.67. The Morgan fingerprint density at radius 1 is 1.00 bits per heavy atom. The number of benzene rings is 2. The van der Waals surface area contributed by atoms with Crippen molar-refractivity contribution in [2.75, 3.05) is 0 Å². The number of hydrogen-bond acceptors (Lipinski definition) is 1. The van der Waals surface area contributed by atoms with Crippen molar-refractivity contribution in [3.05, 3.63) is 71.9 Å². The average molecular weight is 336 g/mol. The second kappa shape index (κ2) is 5.96. The van der Waals surface area contributed by atoms with Crippen molar-refractivity contribution in [1.82, 2.24) is 9.88 Å². The first-order valence-electron chi connectivity index (χ1n) is 8.39. The Balaban J connectivity index is 2.40. The van der Waals surface area contributed by atoms with E-state index in [-0.39, 0.29) is 0 Å². The fourth-order valence-corrected chi connectivity index (χ4v) is 3.79. The minimum Gasteiger partial charge on any atom is -0.465 e. The van der Waals surface area contributed by atoms with Crippen molar-refractivity contribution < 1.29 is 9.90 Å². The summed E-state index contributed by atoms with van der Waals surface area (Å²) in [6, 6.07) is 20.0. The van der Waals surface area contributed by atoms with Crippen LogP contribution >= 0.6 is 0 Å². The normalized spacial score (nSPS) is 14.2. The number of para-hydroxylation sites is 1. The summed E-state index contributed by atoms with van der Waals surface area (Å²) in [7, 11) is 1.99. The summed E-state index contributed by atoms with van der Waals surface area (Å²) in [5.74, 6) is 0. The molecule has 4 nitrogen and oxygen atoms in total. The van der Waals surface area contributed by atoms with E-state index >= 15 is 0 Å². The van der Waals surface area contributed by atoms with Crippen molar-refractivity contribution in [3.63, 3.8) is 0 Å². The van der Waals surface area contributed by atoms with Crippen LogP contribution in [0.3, 0.4) is 0 Å². The Kier molecular flexibility index (Phi) is 4.07. The van der Waals surface area contributed by atoms with Gasteiger partial charge in [-0.05, 0) is 28.5 Å². The number of rotatable bonds is 3. The standard InChI is InChI=1S/C21H24N2O2/c1-20(2,3)21(22-19(24)25,16-11-6-5-7-12-16)18-14-15-10-8-9-13-17(15)23(18)4/h5-14,22H,1-4H3,(H,24,25). The third-order valence-corrected chi connectivity index (χ3v) is 4.96. The number of nitrogens with zero attached hydrogens (tertiary/aromatic N) is 1. The molecule has 130 valence electrons. The van der Waals surface area contributed by atoms with E-state index in [0.717, 1.165) is 22.2 Å². The van der Waals surface area contributed by atoms with Gasteiger partial charge in [-0.25, -0.2) is 4.79 Å². The third kappa shape index (κ3) is 2.68. The molecule has 1 aromatic heterocycles. The molecule has 0 fully saturated rings. The van der Waals surface area contributed by atoms with Gasteiger partial charge in [0.15, 0.2) is 0 Å². The van der Waals surface area contributed by atoms with Crippen LogP contribution in [0.1, 0.15) is 32.0 Å². The number of fused-ring (bicyclic) bond motifs is 1. The summed E-state index contributed by atoms with van der Waals surface area (Å²) < 4.78 is 2.09. The summed E-state index contributed by atoms with van der Waals surface area (Å²) in [6.45, 7) is 6.19. The maximum absolute atomic E-state index is 11.8. The molecule has 3 rings (SSSR count). The van der Waals surface area contributed by atoms with Crippen molar-refractivity contribution in [1.29, 1.82) is 0 Å². The molecule has 0 spiro atoms. The quantitative estimate of drug-likeness (QED) is 0.726. The van der Waals surface area contributed by atoms with Crippen LogP contribution in [0.2, 0.25) is 0 Å². The van der Waals surface area contributed by atoms with Gasteiger partial charge in [0.1, 0.15) is 5.54 Å². The molecule has 0 saturated heterocycles. The molecule has 2 aromatic carbocycles. The molecule has 0 radical (unpaired) electrons. The molecular formula is C21H24N2O2. The van der Waals surface area contributed by atoms with E-state index in [0.29, 0.717) is 0 Å². The van der Waals surface area contributed by atoms with E-state index in [9.17, 15) is 9.90 Å². The summed E-state index contributed by atoms with van der Waals surface area (Å²) in [5, 5.41) is 13.6. The highest BCUT2D eigenvalue weighted by Gasteiger charge is 2.48. The van der Waals surface area contributed by atoms with Gasteiger partial charge >= 0.3 is 6.09 Å². The molecule has 0 aliphatic carbocycles. The van der Waals surface area contributed by atoms with Gasteiger partial charge < -0.3 is 15.0 Å². The van der Waals surface area contributed by atoms with Crippen LogP contribution in [0.5, 0.6) is 0 Å². The Morgan fingerprint density at radius 3 is 2.16 bits per heavy atom. The number of carboxylic acid groups (broad SMARTS) is 1. The fraction of sp³-hybridized carbons (Fsp3) is 0.286. The summed E-state index contributed by atoms with van der Waals surface area (Å²) in [6.07, 6.45) is -1.04. The molecular weight excluding hydrogens is 312 g/mol. The van der Waals surface area contributed by atoms with E-state index in [1.54, 1.807) is 0 Å². The lowest BCUT2D eigenvalue weighted by molar-refractivity contribution is 0.139. The molecule has 1 unspecified atom stereocenters. The Labute approximate surface area is 148 Å². The maximum atomic E-state index is 11.8. The summed E-state index contributed by atoms with van der Waals surface area (Å²) in [4.78, 5) is 11.8. The molecule has 0 aliphatic rings. The van der Waals surface area contributed by atoms with E-state index in [2.05, 4.69) is 48.9 Å². The molecule has 3 aromatic rings. The second-order valence-corrected chi connectivity index (χ2v) is 7.44. The minimum atomic E-state index is -1.04. The first-order chi connectivity index (χ1) is 11.8. The van der Waals surface area contributed by atoms with Crippen molar-refractivity contribution >= 4 is 17.0 Å². The van der Waals surface area contributed by atoms with Crippen LogP contribution in [0.15, 0.2) is 60.7 Å². The third-order valence-electron chi connectivity index (χ3n) is 4.96. The maximum Gasteiger partial charge on any atom is 0.405 e. The topological polar surface area (TPSA) is 54.3 Å². The van der Waals surface area contributed by atoms with Crippen molar-refractivity contribution in [2.45, 2.75) is 26.3 Å². The Bertz CT molecular complexity index is 907. The molecule has 1 heterocycles. The van der Waals surface area contributed by atoms with E-state index < -0.39 is 17.0 Å². The zero-order chi connectivity index (χ0) is 18.2. The summed E-state index contributed by atoms with van der Waals surface area (Å²) in [5.41, 5.74) is 1.66. The highest BCUT2D eigenvalue weighted by atomic mass is 16.4. The first kappa shape index (κ1) is 17.1. The zero-order valence-electron chi connectivity index (χ0n) is 15.1. The van der Waals surface area contributed by atoms with Crippen LogP contribution in [0, 0.1) is 5.41 Å². The number of aromatic nitrogens is 1. The van der Waals surface area contributed by atoms with Gasteiger partial charge in [0.2, 0.25) is 0 Å². The van der Waals surface area contributed by atoms with Gasteiger partial charge in [0.05, 0.1) is 0 Å². The zero-order valence-corrected chi connectivity index (χ0v) is 15.1. The first-order valence-corrected chi connectivity index (χ1v) is 8.39. The number of aryl methyl sites for hydroxylation is 1. The van der Waals surface area contributed by atoms with Crippen LogP contribution in [0.25, 0.3) is 10.9 Å². The van der Waals surface area contributed by atoms with E-state index in [1.165, 1.54) is 0 Å².